The normalized spacial score (nSPS) is 10.7. The highest BCUT2D eigenvalue weighted by atomic mass is 32.1. The number of hydrogen-bond acceptors (Lipinski definition) is 4. The summed E-state index contributed by atoms with van der Waals surface area (Å²) in [4.78, 5) is 17.8. The predicted octanol–water partition coefficient (Wildman–Crippen LogP) is 4.39. The first-order chi connectivity index (χ1) is 12.7. The van der Waals surface area contributed by atoms with E-state index in [9.17, 15) is 9.18 Å². The van der Waals surface area contributed by atoms with Gasteiger partial charge in [-0.1, -0.05) is 36.4 Å². The van der Waals surface area contributed by atoms with Gasteiger partial charge in [0.25, 0.3) is 5.91 Å². The van der Waals surface area contributed by atoms with Crippen LogP contribution in [0.15, 0.2) is 72.1 Å². The molecule has 2 aromatic carbocycles. The van der Waals surface area contributed by atoms with Crippen LogP contribution >= 0.6 is 11.3 Å². The lowest BCUT2D eigenvalue weighted by molar-refractivity contribution is 0.101. The van der Waals surface area contributed by atoms with Crippen LogP contribution in [0.2, 0.25) is 0 Å². The SMILES string of the molecule is O=C(Nc1ccccc1F)c1nc(-c2cccs2)n(-c2ccccc2)n1. The van der Waals surface area contributed by atoms with Crippen LogP contribution in [0.5, 0.6) is 0 Å². The number of hydrogen-bond donors (Lipinski definition) is 1. The molecule has 0 unspecified atom stereocenters. The van der Waals surface area contributed by atoms with Gasteiger partial charge in [0.15, 0.2) is 5.82 Å². The van der Waals surface area contributed by atoms with Crippen LogP contribution < -0.4 is 5.32 Å². The molecule has 0 aliphatic rings. The molecule has 7 heteroatoms. The number of benzene rings is 2. The third kappa shape index (κ3) is 3.12. The van der Waals surface area contributed by atoms with Gasteiger partial charge in [-0.05, 0) is 35.7 Å². The van der Waals surface area contributed by atoms with E-state index >= 15 is 0 Å². The van der Waals surface area contributed by atoms with E-state index in [0.717, 1.165) is 10.6 Å². The average molecular weight is 364 g/mol. The lowest BCUT2D eigenvalue weighted by Crippen LogP contribution is -2.15. The van der Waals surface area contributed by atoms with Crippen LogP contribution in [0.25, 0.3) is 16.4 Å². The summed E-state index contributed by atoms with van der Waals surface area (Å²) in [6.07, 6.45) is 0. The number of nitrogens with one attached hydrogen (secondary N) is 1. The van der Waals surface area contributed by atoms with Gasteiger partial charge in [0.05, 0.1) is 16.3 Å². The largest absolute Gasteiger partial charge is 0.317 e. The molecule has 0 atom stereocenters. The maximum absolute atomic E-state index is 13.8. The van der Waals surface area contributed by atoms with Gasteiger partial charge in [-0.25, -0.2) is 14.1 Å². The van der Waals surface area contributed by atoms with Crippen molar-refractivity contribution in [3.8, 4) is 16.4 Å². The Bertz CT molecular complexity index is 1040. The topological polar surface area (TPSA) is 59.8 Å². The Morgan fingerprint density at radius 1 is 1.00 bits per heavy atom. The van der Waals surface area contributed by atoms with Crippen molar-refractivity contribution in [2.45, 2.75) is 0 Å². The molecule has 1 amide bonds. The number of para-hydroxylation sites is 2. The van der Waals surface area contributed by atoms with Crippen LogP contribution in [-0.2, 0) is 0 Å². The summed E-state index contributed by atoms with van der Waals surface area (Å²) in [5.74, 6) is -0.546. The Hall–Kier alpha value is -3.32. The molecule has 0 spiro atoms. The number of carbonyl (C=O) groups is 1. The molecule has 0 saturated carbocycles. The molecule has 5 nitrogen and oxygen atoms in total. The fourth-order valence-electron chi connectivity index (χ4n) is 2.46. The van der Waals surface area contributed by atoms with Crippen LogP contribution in [0.3, 0.4) is 0 Å². The van der Waals surface area contributed by atoms with E-state index in [1.165, 1.54) is 23.5 Å². The van der Waals surface area contributed by atoms with E-state index in [4.69, 9.17) is 0 Å². The Balaban J connectivity index is 1.74. The highest BCUT2D eigenvalue weighted by molar-refractivity contribution is 7.13. The number of nitrogens with zero attached hydrogens (tertiary/aromatic N) is 3. The molecule has 4 aromatic rings. The van der Waals surface area contributed by atoms with Gasteiger partial charge in [-0.3, -0.25) is 4.79 Å². The molecule has 0 bridgehead atoms. The lowest BCUT2D eigenvalue weighted by Gasteiger charge is -2.04. The third-order valence-electron chi connectivity index (χ3n) is 3.67. The van der Waals surface area contributed by atoms with Crippen molar-refractivity contribution in [2.24, 2.45) is 0 Å². The summed E-state index contributed by atoms with van der Waals surface area (Å²) in [5.41, 5.74) is 0.875. The number of rotatable bonds is 4. The number of anilines is 1. The van der Waals surface area contributed by atoms with Crippen LogP contribution in [0, 0.1) is 5.82 Å². The molecule has 4 rings (SSSR count). The van der Waals surface area contributed by atoms with E-state index in [-0.39, 0.29) is 11.5 Å². The van der Waals surface area contributed by atoms with Crippen molar-refractivity contribution in [2.75, 3.05) is 5.32 Å². The van der Waals surface area contributed by atoms with Crippen molar-refractivity contribution in [3.63, 3.8) is 0 Å². The first-order valence-corrected chi connectivity index (χ1v) is 8.72. The summed E-state index contributed by atoms with van der Waals surface area (Å²) >= 11 is 1.50. The first kappa shape index (κ1) is 16.2. The molecular weight excluding hydrogens is 351 g/mol. The van der Waals surface area contributed by atoms with Crippen molar-refractivity contribution < 1.29 is 9.18 Å². The van der Waals surface area contributed by atoms with Crippen molar-refractivity contribution >= 4 is 22.9 Å². The number of halogens is 1. The van der Waals surface area contributed by atoms with E-state index in [1.807, 2.05) is 47.8 Å². The van der Waals surface area contributed by atoms with Crippen LogP contribution in [-0.4, -0.2) is 20.7 Å². The smallest absolute Gasteiger partial charge is 0.295 e. The second-order valence-electron chi connectivity index (χ2n) is 5.42. The van der Waals surface area contributed by atoms with Gasteiger partial charge >= 0.3 is 0 Å². The fourth-order valence-corrected chi connectivity index (χ4v) is 3.16. The van der Waals surface area contributed by atoms with Crippen LogP contribution in [0.4, 0.5) is 10.1 Å². The second kappa shape index (κ2) is 6.89. The zero-order chi connectivity index (χ0) is 17.9. The highest BCUT2D eigenvalue weighted by Gasteiger charge is 2.20. The van der Waals surface area contributed by atoms with E-state index in [2.05, 4.69) is 15.4 Å². The molecule has 1 N–H and O–H groups in total. The molecule has 0 fully saturated rings. The van der Waals surface area contributed by atoms with Gasteiger partial charge in [0.2, 0.25) is 5.82 Å². The number of thiophene rings is 1. The van der Waals surface area contributed by atoms with Crippen molar-refractivity contribution in [1.29, 1.82) is 0 Å². The Morgan fingerprint density at radius 3 is 2.50 bits per heavy atom. The zero-order valence-corrected chi connectivity index (χ0v) is 14.3. The molecule has 2 aromatic heterocycles. The van der Waals surface area contributed by atoms with E-state index < -0.39 is 11.7 Å². The zero-order valence-electron chi connectivity index (χ0n) is 13.5. The first-order valence-electron chi connectivity index (χ1n) is 7.84. The van der Waals surface area contributed by atoms with Crippen molar-refractivity contribution in [3.05, 3.63) is 83.8 Å². The Kier molecular flexibility index (Phi) is 4.28. The van der Waals surface area contributed by atoms with Gasteiger partial charge in [0, 0.05) is 0 Å². The number of aromatic nitrogens is 3. The maximum atomic E-state index is 13.8. The van der Waals surface area contributed by atoms with E-state index in [0.29, 0.717) is 5.82 Å². The van der Waals surface area contributed by atoms with Gasteiger partial charge in [0.1, 0.15) is 5.82 Å². The number of carbonyl (C=O) groups excluding carboxylic acids is 1. The van der Waals surface area contributed by atoms with Gasteiger partial charge in [-0.15, -0.1) is 16.4 Å². The standard InChI is InChI=1S/C19H13FN4OS/c20-14-9-4-5-10-15(14)21-19(25)17-22-18(16-11-6-12-26-16)24(23-17)13-7-2-1-3-8-13/h1-12H,(H,21,25). The maximum Gasteiger partial charge on any atom is 0.295 e. The minimum atomic E-state index is -0.567. The van der Waals surface area contributed by atoms with Gasteiger partial charge in [-0.2, -0.15) is 0 Å². The third-order valence-corrected chi connectivity index (χ3v) is 4.54. The summed E-state index contributed by atoms with van der Waals surface area (Å²) in [7, 11) is 0. The summed E-state index contributed by atoms with van der Waals surface area (Å²) in [6.45, 7) is 0. The molecule has 0 aliphatic carbocycles. The lowest BCUT2D eigenvalue weighted by atomic mass is 10.3. The Morgan fingerprint density at radius 2 is 1.77 bits per heavy atom. The predicted molar refractivity (Wildman–Crippen MR) is 99.0 cm³/mol. The fraction of sp³-hybridized carbons (Fsp3) is 0. The van der Waals surface area contributed by atoms with Gasteiger partial charge < -0.3 is 5.32 Å². The van der Waals surface area contributed by atoms with Crippen molar-refractivity contribution in [1.82, 2.24) is 14.8 Å². The summed E-state index contributed by atoms with van der Waals surface area (Å²) in [6, 6.07) is 19.2. The van der Waals surface area contributed by atoms with Crippen LogP contribution in [0.1, 0.15) is 10.6 Å². The van der Waals surface area contributed by atoms with E-state index in [1.54, 1.807) is 16.8 Å². The Labute approximate surface area is 152 Å². The highest BCUT2D eigenvalue weighted by Crippen LogP contribution is 2.25. The molecule has 0 saturated heterocycles. The average Bonchev–Trinajstić information content (AvgIpc) is 3.34. The molecule has 128 valence electrons. The minimum Gasteiger partial charge on any atom is -0.317 e. The molecular formula is C19H13FN4OS. The quantitative estimate of drug-likeness (QED) is 0.584. The molecule has 0 aliphatic heterocycles. The monoisotopic (exact) mass is 364 g/mol. The second-order valence-corrected chi connectivity index (χ2v) is 6.37. The minimum absolute atomic E-state index is 0.0273. The summed E-state index contributed by atoms with van der Waals surface area (Å²) in [5, 5.41) is 8.78. The summed E-state index contributed by atoms with van der Waals surface area (Å²) < 4.78 is 15.4. The molecule has 0 radical (unpaired) electrons. The number of amides is 1. The molecule has 26 heavy (non-hydrogen) atoms. The molecule has 2 heterocycles.